The van der Waals surface area contributed by atoms with E-state index in [4.69, 9.17) is 0 Å². The van der Waals surface area contributed by atoms with Crippen LogP contribution in [0, 0.1) is 0 Å². The molecule has 0 atom stereocenters. The van der Waals surface area contributed by atoms with Crippen LogP contribution in [0.2, 0.25) is 0 Å². The van der Waals surface area contributed by atoms with Gasteiger partial charge in [0.1, 0.15) is 0 Å². The van der Waals surface area contributed by atoms with Gasteiger partial charge in [0, 0.05) is 19.8 Å². The molecule has 0 radical (unpaired) electrons. The van der Waals surface area contributed by atoms with Crippen molar-refractivity contribution in [2.75, 3.05) is 0 Å². The molecule has 9 heavy (non-hydrogen) atoms. The molecule has 0 spiro atoms. The summed E-state index contributed by atoms with van der Waals surface area (Å²) in [6, 6.07) is 0. The van der Waals surface area contributed by atoms with Gasteiger partial charge in [0.15, 0.2) is 0 Å². The van der Waals surface area contributed by atoms with E-state index in [1.54, 1.807) is 0 Å². The summed E-state index contributed by atoms with van der Waals surface area (Å²) in [5.41, 5.74) is 0. The first-order valence-electron chi connectivity index (χ1n) is 1.09. The second kappa shape index (κ2) is 23.1. The molecule has 0 aromatic heterocycles. The first-order chi connectivity index (χ1) is 2.27. The zero-order valence-corrected chi connectivity index (χ0v) is 5.16. The molecule has 0 bridgehead atoms. The van der Waals surface area contributed by atoms with Crippen molar-refractivity contribution in [3.05, 3.63) is 0 Å². The van der Waals surface area contributed by atoms with Crippen LogP contribution in [-0.2, 0) is 8.98 Å². The standard InChI is InChI=1S/C2H4O2S.Ca.3H2O.2H/c1-2(3)4-5;;;;;;/h5H,1H3;;3*1H2;;. The van der Waals surface area contributed by atoms with Crippen LogP contribution in [0.1, 0.15) is 6.92 Å². The Labute approximate surface area is 88.3 Å². The predicted molar refractivity (Wildman–Crippen MR) is 40.1 cm³/mol. The summed E-state index contributed by atoms with van der Waals surface area (Å²) in [6.45, 7) is 1.28. The Kier molecular flexibility index (Phi) is 83.3. The minimum atomic E-state index is -0.381. The van der Waals surface area contributed by atoms with Crippen molar-refractivity contribution < 1.29 is 25.4 Å². The van der Waals surface area contributed by atoms with Crippen molar-refractivity contribution in [3.8, 4) is 0 Å². The fourth-order valence-corrected chi connectivity index (χ4v) is 0. The Balaban J connectivity index is -0.0000000133. The molecule has 0 saturated carbocycles. The van der Waals surface area contributed by atoms with Gasteiger partial charge in [-0.05, 0) is 0 Å². The van der Waals surface area contributed by atoms with Gasteiger partial charge in [-0.15, -0.1) is 0 Å². The van der Waals surface area contributed by atoms with Crippen molar-refractivity contribution in [2.24, 2.45) is 0 Å². The molecule has 0 unspecified atom stereocenters. The Morgan fingerprint density at radius 1 is 1.33 bits per heavy atom. The molecule has 0 rings (SSSR count). The van der Waals surface area contributed by atoms with Crippen LogP contribution in [-0.4, -0.2) is 60.1 Å². The summed E-state index contributed by atoms with van der Waals surface area (Å²) < 4.78 is 3.81. The number of rotatable bonds is 0. The summed E-state index contributed by atoms with van der Waals surface area (Å²) in [5, 5.41) is 0. The van der Waals surface area contributed by atoms with Crippen molar-refractivity contribution in [1.82, 2.24) is 0 Å². The monoisotopic (exact) mass is 188 g/mol. The molecule has 0 aliphatic rings. The fourth-order valence-electron chi connectivity index (χ4n) is 0. The van der Waals surface area contributed by atoms with Crippen LogP contribution in [0.4, 0.5) is 0 Å². The van der Waals surface area contributed by atoms with Crippen LogP contribution in [0.5, 0.6) is 0 Å². The Morgan fingerprint density at radius 3 is 1.44 bits per heavy atom. The quantitative estimate of drug-likeness (QED) is 0.247. The second-order valence-corrected chi connectivity index (χ2v) is 0.765. The van der Waals surface area contributed by atoms with Gasteiger partial charge in [-0.1, -0.05) is 0 Å². The van der Waals surface area contributed by atoms with Gasteiger partial charge in [-0.3, -0.25) is 4.79 Å². The SMILES string of the molecule is CC(=O)OS.O.O.O.[CaH2]. The average Bonchev–Trinajstić information content (AvgIpc) is 1.38. The Hall–Kier alpha value is 0.960. The Bertz CT molecular complexity index is 50.2. The molecule has 0 aliphatic heterocycles. The fraction of sp³-hybridized carbons (Fsp3) is 0.500. The summed E-state index contributed by atoms with van der Waals surface area (Å²) in [7, 11) is 0. The number of hydrogen-bond acceptors (Lipinski definition) is 3. The van der Waals surface area contributed by atoms with Gasteiger partial charge in [-0.25, -0.2) is 0 Å². The number of carbonyl (C=O) groups is 1. The minimum absolute atomic E-state index is 0. The molecule has 0 aromatic carbocycles. The van der Waals surface area contributed by atoms with Crippen LogP contribution < -0.4 is 0 Å². The molecule has 0 heterocycles. The van der Waals surface area contributed by atoms with Crippen LogP contribution in [0.25, 0.3) is 0 Å². The van der Waals surface area contributed by atoms with E-state index in [0.717, 1.165) is 0 Å². The van der Waals surface area contributed by atoms with Gasteiger partial charge in [0.05, 0.1) is 0 Å². The van der Waals surface area contributed by atoms with E-state index in [2.05, 4.69) is 17.1 Å². The topological polar surface area (TPSA) is 121 Å². The summed E-state index contributed by atoms with van der Waals surface area (Å²) in [5.74, 6) is -0.381. The van der Waals surface area contributed by atoms with Crippen LogP contribution in [0.15, 0.2) is 0 Å². The van der Waals surface area contributed by atoms with Crippen molar-refractivity contribution in [2.45, 2.75) is 6.92 Å². The maximum absolute atomic E-state index is 9.51. The van der Waals surface area contributed by atoms with Crippen molar-refractivity contribution in [3.63, 3.8) is 0 Å². The maximum atomic E-state index is 9.51. The molecule has 6 N–H and O–H groups in total. The molecule has 0 aliphatic carbocycles. The predicted octanol–water partition coefficient (Wildman–Crippen LogP) is -3.00. The normalized spacial score (nSPS) is 3.78. The first kappa shape index (κ1) is 32.5. The van der Waals surface area contributed by atoms with E-state index in [-0.39, 0.29) is 60.1 Å². The Morgan fingerprint density at radius 2 is 1.44 bits per heavy atom. The van der Waals surface area contributed by atoms with Crippen molar-refractivity contribution in [1.29, 1.82) is 0 Å². The molecule has 5 nitrogen and oxygen atoms in total. The molecular weight excluding hydrogens is 176 g/mol. The van der Waals surface area contributed by atoms with Gasteiger partial charge < -0.3 is 20.6 Å². The van der Waals surface area contributed by atoms with Crippen LogP contribution >= 0.6 is 12.9 Å². The first-order valence-corrected chi connectivity index (χ1v) is 1.46. The molecule has 0 saturated heterocycles. The molecule has 58 valence electrons. The van der Waals surface area contributed by atoms with E-state index in [0.29, 0.717) is 0 Å². The van der Waals surface area contributed by atoms with E-state index < -0.39 is 0 Å². The third-order valence-electron chi connectivity index (χ3n) is 0.129. The molecule has 0 fully saturated rings. The number of carbonyl (C=O) groups excluding carboxylic acids is 1. The van der Waals surface area contributed by atoms with E-state index >= 15 is 0 Å². The molecule has 7 heteroatoms. The van der Waals surface area contributed by atoms with Crippen molar-refractivity contribution >= 4 is 56.6 Å². The number of hydrogen-bond donors (Lipinski definition) is 1. The van der Waals surface area contributed by atoms with Crippen LogP contribution in [0.3, 0.4) is 0 Å². The third kappa shape index (κ3) is 49.5. The molecular formula is C2H12CaO5S. The van der Waals surface area contributed by atoms with Gasteiger partial charge in [0.25, 0.3) is 0 Å². The van der Waals surface area contributed by atoms with E-state index in [9.17, 15) is 4.79 Å². The molecule has 0 aromatic rings. The zero-order chi connectivity index (χ0) is 4.28. The van der Waals surface area contributed by atoms with Gasteiger partial charge in [-0.2, -0.15) is 0 Å². The van der Waals surface area contributed by atoms with E-state index in [1.807, 2.05) is 0 Å². The van der Waals surface area contributed by atoms with Gasteiger partial charge in [0.2, 0.25) is 0 Å². The average molecular weight is 188 g/mol. The molecule has 0 amide bonds. The zero-order valence-electron chi connectivity index (χ0n) is 4.26. The van der Waals surface area contributed by atoms with E-state index in [1.165, 1.54) is 6.92 Å². The van der Waals surface area contributed by atoms with Gasteiger partial charge >= 0.3 is 43.7 Å². The summed E-state index contributed by atoms with van der Waals surface area (Å²) >= 11 is 3.17. The third-order valence-corrected chi connectivity index (χ3v) is 0.386. The number of thiol groups is 1. The summed E-state index contributed by atoms with van der Waals surface area (Å²) in [6.07, 6.45) is 0. The second-order valence-electron chi connectivity index (χ2n) is 0.583. The summed E-state index contributed by atoms with van der Waals surface area (Å²) in [4.78, 5) is 9.51.